The molecule has 0 saturated heterocycles. The fourth-order valence-corrected chi connectivity index (χ4v) is 1.99. The predicted molar refractivity (Wildman–Crippen MR) is 72.1 cm³/mol. The van der Waals surface area contributed by atoms with Gasteiger partial charge in [0, 0.05) is 24.4 Å². The van der Waals surface area contributed by atoms with Crippen LogP contribution in [-0.4, -0.2) is 16.9 Å². The lowest BCUT2D eigenvalue weighted by Gasteiger charge is -2.28. The lowest BCUT2D eigenvalue weighted by molar-refractivity contribution is -0.123. The van der Waals surface area contributed by atoms with Gasteiger partial charge in [0.15, 0.2) is 0 Å². The highest BCUT2D eigenvalue weighted by molar-refractivity contribution is 5.83. The molecule has 0 spiro atoms. The summed E-state index contributed by atoms with van der Waals surface area (Å²) >= 11 is 0. The molecule has 18 heavy (non-hydrogen) atoms. The number of carbonyl (C=O) groups excluding carboxylic acids is 1. The number of carbonyl (C=O) groups is 1. The first-order valence-electron chi connectivity index (χ1n) is 6.60. The van der Waals surface area contributed by atoms with Gasteiger partial charge in [-0.05, 0) is 36.3 Å². The van der Waals surface area contributed by atoms with Crippen LogP contribution in [-0.2, 0) is 4.79 Å². The van der Waals surface area contributed by atoms with Crippen molar-refractivity contribution in [3.8, 4) is 0 Å². The SMILES string of the molecule is CC(NC(=O)C1CC1c1cccnc1)C(C)(C)C. The molecule has 1 saturated carbocycles. The van der Waals surface area contributed by atoms with Crippen LogP contribution >= 0.6 is 0 Å². The molecule has 1 aliphatic rings. The molecule has 0 radical (unpaired) electrons. The van der Waals surface area contributed by atoms with Gasteiger partial charge < -0.3 is 5.32 Å². The number of hydrogen-bond donors (Lipinski definition) is 1. The molecule has 3 atom stereocenters. The zero-order chi connectivity index (χ0) is 13.3. The molecule has 1 heterocycles. The van der Waals surface area contributed by atoms with Crippen molar-refractivity contribution >= 4 is 5.91 Å². The minimum absolute atomic E-state index is 0.106. The smallest absolute Gasteiger partial charge is 0.223 e. The van der Waals surface area contributed by atoms with E-state index in [1.54, 1.807) is 6.20 Å². The topological polar surface area (TPSA) is 42.0 Å². The van der Waals surface area contributed by atoms with Gasteiger partial charge in [0.2, 0.25) is 5.91 Å². The number of nitrogens with one attached hydrogen (secondary N) is 1. The van der Waals surface area contributed by atoms with Gasteiger partial charge in [-0.15, -0.1) is 0 Å². The summed E-state index contributed by atoms with van der Waals surface area (Å²) in [6.07, 6.45) is 4.59. The third-order valence-corrected chi connectivity index (χ3v) is 3.90. The minimum atomic E-state index is 0.106. The number of hydrogen-bond acceptors (Lipinski definition) is 2. The number of rotatable bonds is 3. The summed E-state index contributed by atoms with van der Waals surface area (Å²) in [5, 5.41) is 3.12. The summed E-state index contributed by atoms with van der Waals surface area (Å²) in [5.41, 5.74) is 1.29. The number of pyridine rings is 1. The first-order valence-corrected chi connectivity index (χ1v) is 6.60. The van der Waals surface area contributed by atoms with Crippen LogP contribution in [0.1, 0.15) is 45.6 Å². The van der Waals surface area contributed by atoms with E-state index < -0.39 is 0 Å². The Kier molecular flexibility index (Phi) is 3.42. The lowest BCUT2D eigenvalue weighted by atomic mass is 9.88. The molecule has 3 heteroatoms. The van der Waals surface area contributed by atoms with E-state index in [9.17, 15) is 4.79 Å². The quantitative estimate of drug-likeness (QED) is 0.891. The van der Waals surface area contributed by atoms with Gasteiger partial charge in [-0.1, -0.05) is 26.8 Å². The average molecular weight is 246 g/mol. The second-order valence-electron chi connectivity index (χ2n) is 6.33. The predicted octanol–water partition coefficient (Wildman–Crippen LogP) is 2.74. The maximum atomic E-state index is 12.1. The zero-order valence-corrected chi connectivity index (χ0v) is 11.6. The van der Waals surface area contributed by atoms with Gasteiger partial charge in [0.05, 0.1) is 0 Å². The first kappa shape index (κ1) is 13.1. The zero-order valence-electron chi connectivity index (χ0n) is 11.6. The Bertz CT molecular complexity index is 422. The molecule has 0 bridgehead atoms. The van der Waals surface area contributed by atoms with Crippen LogP contribution in [0.15, 0.2) is 24.5 Å². The van der Waals surface area contributed by atoms with Crippen molar-refractivity contribution in [2.45, 2.75) is 46.1 Å². The number of aromatic nitrogens is 1. The van der Waals surface area contributed by atoms with E-state index in [1.807, 2.05) is 12.3 Å². The summed E-state index contributed by atoms with van der Waals surface area (Å²) in [7, 11) is 0. The van der Waals surface area contributed by atoms with Crippen molar-refractivity contribution in [2.24, 2.45) is 11.3 Å². The van der Waals surface area contributed by atoms with Gasteiger partial charge in [-0.25, -0.2) is 0 Å². The van der Waals surface area contributed by atoms with E-state index in [0.717, 1.165) is 6.42 Å². The van der Waals surface area contributed by atoms with E-state index in [4.69, 9.17) is 0 Å². The summed E-state index contributed by atoms with van der Waals surface area (Å²) in [4.78, 5) is 16.2. The highest BCUT2D eigenvalue weighted by Gasteiger charge is 2.44. The normalized spacial score (nSPS) is 24.4. The maximum Gasteiger partial charge on any atom is 0.223 e. The first-order chi connectivity index (χ1) is 8.39. The maximum absolute atomic E-state index is 12.1. The molecule has 1 fully saturated rings. The van der Waals surface area contributed by atoms with Crippen LogP contribution in [0.5, 0.6) is 0 Å². The number of amides is 1. The fraction of sp³-hybridized carbons (Fsp3) is 0.600. The van der Waals surface area contributed by atoms with E-state index in [2.05, 4.69) is 44.1 Å². The summed E-state index contributed by atoms with van der Waals surface area (Å²) in [5.74, 6) is 0.691. The van der Waals surface area contributed by atoms with Gasteiger partial charge >= 0.3 is 0 Å². The molecule has 1 amide bonds. The largest absolute Gasteiger partial charge is 0.353 e. The molecule has 1 aromatic rings. The van der Waals surface area contributed by atoms with Crippen molar-refractivity contribution in [2.75, 3.05) is 0 Å². The molecular weight excluding hydrogens is 224 g/mol. The molecular formula is C15H22N2O. The Morgan fingerprint density at radius 2 is 2.22 bits per heavy atom. The standard InChI is InChI=1S/C15H22N2O/c1-10(15(2,3)4)17-14(18)13-8-12(13)11-6-5-7-16-9-11/h5-7,9-10,12-13H,8H2,1-4H3,(H,17,18). The molecule has 1 aromatic heterocycles. The van der Waals surface area contributed by atoms with Gasteiger partial charge in [0.25, 0.3) is 0 Å². The second-order valence-corrected chi connectivity index (χ2v) is 6.33. The second kappa shape index (κ2) is 4.71. The highest BCUT2D eigenvalue weighted by Crippen LogP contribution is 2.47. The Labute approximate surface area is 109 Å². The van der Waals surface area contributed by atoms with Crippen molar-refractivity contribution in [1.29, 1.82) is 0 Å². The van der Waals surface area contributed by atoms with E-state index in [0.29, 0.717) is 5.92 Å². The van der Waals surface area contributed by atoms with Crippen molar-refractivity contribution in [3.05, 3.63) is 30.1 Å². The summed E-state index contributed by atoms with van der Waals surface area (Å²) < 4.78 is 0. The lowest BCUT2D eigenvalue weighted by Crippen LogP contribution is -2.42. The molecule has 3 unspecified atom stereocenters. The van der Waals surface area contributed by atoms with Crippen molar-refractivity contribution in [3.63, 3.8) is 0 Å². The van der Waals surface area contributed by atoms with Gasteiger partial charge in [-0.2, -0.15) is 0 Å². The fourth-order valence-electron chi connectivity index (χ4n) is 1.99. The van der Waals surface area contributed by atoms with Gasteiger partial charge in [0.1, 0.15) is 0 Å². The van der Waals surface area contributed by atoms with E-state index >= 15 is 0 Å². The number of nitrogens with zero attached hydrogens (tertiary/aromatic N) is 1. The summed E-state index contributed by atoms with van der Waals surface area (Å²) in [6, 6.07) is 4.18. The average Bonchev–Trinajstić information content (AvgIpc) is 3.08. The third kappa shape index (κ3) is 2.89. The highest BCUT2D eigenvalue weighted by atomic mass is 16.2. The van der Waals surface area contributed by atoms with Crippen molar-refractivity contribution in [1.82, 2.24) is 10.3 Å². The van der Waals surface area contributed by atoms with Crippen LogP contribution < -0.4 is 5.32 Å². The summed E-state index contributed by atoms with van der Waals surface area (Å²) in [6.45, 7) is 8.50. The Morgan fingerprint density at radius 3 is 2.78 bits per heavy atom. The monoisotopic (exact) mass is 246 g/mol. The molecule has 0 aromatic carbocycles. The molecule has 3 nitrogen and oxygen atoms in total. The Morgan fingerprint density at radius 1 is 1.50 bits per heavy atom. The molecule has 98 valence electrons. The van der Waals surface area contributed by atoms with E-state index in [-0.39, 0.29) is 23.3 Å². The Balaban J connectivity index is 1.91. The molecule has 1 N–H and O–H groups in total. The van der Waals surface area contributed by atoms with Crippen LogP contribution in [0.2, 0.25) is 0 Å². The van der Waals surface area contributed by atoms with Gasteiger partial charge in [-0.3, -0.25) is 9.78 Å². The van der Waals surface area contributed by atoms with Crippen LogP contribution in [0.4, 0.5) is 0 Å². The third-order valence-electron chi connectivity index (χ3n) is 3.90. The van der Waals surface area contributed by atoms with E-state index in [1.165, 1.54) is 5.56 Å². The van der Waals surface area contributed by atoms with Crippen LogP contribution in [0, 0.1) is 11.3 Å². The van der Waals surface area contributed by atoms with Crippen LogP contribution in [0.25, 0.3) is 0 Å². The molecule has 1 aliphatic carbocycles. The van der Waals surface area contributed by atoms with Crippen molar-refractivity contribution < 1.29 is 4.79 Å². The Hall–Kier alpha value is -1.38. The molecule has 0 aliphatic heterocycles. The minimum Gasteiger partial charge on any atom is -0.353 e. The van der Waals surface area contributed by atoms with Crippen LogP contribution in [0.3, 0.4) is 0 Å². The molecule has 2 rings (SSSR count).